The van der Waals surface area contributed by atoms with Gasteiger partial charge in [-0.1, -0.05) is 6.07 Å². The third kappa shape index (κ3) is 2.30. The normalized spacial score (nSPS) is 21.2. The van der Waals surface area contributed by atoms with Crippen molar-refractivity contribution >= 4 is 11.6 Å². The van der Waals surface area contributed by atoms with Crippen molar-refractivity contribution in [3.63, 3.8) is 0 Å². The lowest BCUT2D eigenvalue weighted by molar-refractivity contribution is -0.0767. The molecule has 1 N–H and O–H groups in total. The van der Waals surface area contributed by atoms with E-state index in [1.165, 1.54) is 12.4 Å². The van der Waals surface area contributed by atoms with Crippen molar-refractivity contribution in [2.45, 2.75) is 19.1 Å². The van der Waals surface area contributed by atoms with Gasteiger partial charge in [0.2, 0.25) is 0 Å². The highest BCUT2D eigenvalue weighted by atomic mass is 16.3. The molecule has 0 aliphatic carbocycles. The van der Waals surface area contributed by atoms with Gasteiger partial charge < -0.3 is 5.11 Å². The van der Waals surface area contributed by atoms with Crippen LogP contribution in [0.25, 0.3) is 0 Å². The highest BCUT2D eigenvalue weighted by molar-refractivity contribution is 5.97. The van der Waals surface area contributed by atoms with E-state index in [4.69, 9.17) is 0 Å². The Bertz CT molecular complexity index is 687. The Morgan fingerprint density at radius 1 is 1.24 bits per heavy atom. The van der Waals surface area contributed by atoms with Crippen LogP contribution in [0.15, 0.2) is 54.2 Å². The molecule has 0 bridgehead atoms. The number of aliphatic hydroxyl groups is 1. The van der Waals surface area contributed by atoms with Crippen LogP contribution in [0.3, 0.4) is 0 Å². The Balaban J connectivity index is 2.01. The number of nitrogens with zero attached hydrogens (tertiary/aromatic N) is 4. The summed E-state index contributed by atoms with van der Waals surface area (Å²) in [4.78, 5) is 20.5. The fourth-order valence-corrected chi connectivity index (χ4v) is 2.37. The van der Waals surface area contributed by atoms with Crippen LogP contribution in [0.2, 0.25) is 0 Å². The molecule has 6 nitrogen and oxygen atoms in total. The Kier molecular flexibility index (Phi) is 3.23. The zero-order valence-corrected chi connectivity index (χ0v) is 11.5. The van der Waals surface area contributed by atoms with Crippen molar-refractivity contribution in [2.75, 3.05) is 0 Å². The number of aromatic nitrogens is 2. The third-order valence-corrected chi connectivity index (χ3v) is 3.37. The second-order valence-electron chi connectivity index (χ2n) is 4.92. The number of hydrazone groups is 1. The fourth-order valence-electron chi connectivity index (χ4n) is 2.37. The molecule has 1 aliphatic heterocycles. The monoisotopic (exact) mass is 282 g/mol. The molecule has 0 saturated heterocycles. The number of rotatable bonds is 2. The van der Waals surface area contributed by atoms with Gasteiger partial charge in [-0.05, 0) is 25.1 Å². The van der Waals surface area contributed by atoms with E-state index in [0.29, 0.717) is 16.8 Å². The minimum absolute atomic E-state index is 0.259. The van der Waals surface area contributed by atoms with Crippen LogP contribution in [0.5, 0.6) is 0 Å². The maximum atomic E-state index is 12.6. The van der Waals surface area contributed by atoms with Gasteiger partial charge in [0.1, 0.15) is 0 Å². The summed E-state index contributed by atoms with van der Waals surface area (Å²) >= 11 is 0. The first kappa shape index (κ1) is 13.4. The largest absolute Gasteiger partial charge is 0.365 e. The topological polar surface area (TPSA) is 78.7 Å². The van der Waals surface area contributed by atoms with Crippen molar-refractivity contribution in [1.29, 1.82) is 0 Å². The summed E-state index contributed by atoms with van der Waals surface area (Å²) in [7, 11) is 0. The predicted molar refractivity (Wildman–Crippen MR) is 76.3 cm³/mol. The van der Waals surface area contributed by atoms with E-state index < -0.39 is 5.72 Å². The van der Waals surface area contributed by atoms with Crippen LogP contribution in [0.4, 0.5) is 0 Å². The highest BCUT2D eigenvalue weighted by Crippen LogP contribution is 2.35. The number of hydrogen-bond donors (Lipinski definition) is 1. The number of hydrogen-bond acceptors (Lipinski definition) is 5. The molecule has 0 fully saturated rings. The summed E-state index contributed by atoms with van der Waals surface area (Å²) in [5.41, 5.74) is 0.140. The second kappa shape index (κ2) is 5.06. The van der Waals surface area contributed by atoms with Crippen LogP contribution < -0.4 is 0 Å². The molecule has 0 saturated carbocycles. The molecular weight excluding hydrogens is 268 g/mol. The van der Waals surface area contributed by atoms with Crippen LogP contribution in [-0.4, -0.2) is 31.7 Å². The second-order valence-corrected chi connectivity index (χ2v) is 4.92. The fraction of sp³-hybridized carbons (Fsp3) is 0.200. The van der Waals surface area contributed by atoms with Gasteiger partial charge in [0, 0.05) is 48.0 Å². The maximum Gasteiger partial charge on any atom is 0.277 e. The molecule has 3 rings (SSSR count). The van der Waals surface area contributed by atoms with E-state index in [1.807, 2.05) is 0 Å². The summed E-state index contributed by atoms with van der Waals surface area (Å²) < 4.78 is 0. The van der Waals surface area contributed by atoms with Gasteiger partial charge in [0.05, 0.1) is 0 Å². The van der Waals surface area contributed by atoms with Crippen molar-refractivity contribution in [1.82, 2.24) is 15.0 Å². The summed E-state index contributed by atoms with van der Waals surface area (Å²) in [6.45, 7) is 1.78. The average Bonchev–Trinajstić information content (AvgIpc) is 2.84. The van der Waals surface area contributed by atoms with E-state index >= 15 is 0 Å². The lowest BCUT2D eigenvalue weighted by Crippen LogP contribution is -2.43. The summed E-state index contributed by atoms with van der Waals surface area (Å²) in [5.74, 6) is -0.374. The molecule has 1 aliphatic rings. The molecule has 0 radical (unpaired) electrons. The Morgan fingerprint density at radius 2 is 2.00 bits per heavy atom. The molecule has 0 aromatic carbocycles. The standard InChI is InChI=1S/C15H14N4O2/c1-11-9-15(21,13-3-2-6-17-10-13)19(18-11)14(20)12-4-7-16-8-5-12/h2-8,10,21H,9H2,1H3. The minimum Gasteiger partial charge on any atom is -0.365 e. The molecule has 2 aromatic rings. The van der Waals surface area contributed by atoms with E-state index in [9.17, 15) is 9.90 Å². The summed E-state index contributed by atoms with van der Waals surface area (Å²) in [5, 5.41) is 16.3. The molecule has 3 heterocycles. The number of carbonyl (C=O) groups excluding carboxylic acids is 1. The average molecular weight is 282 g/mol. The smallest absolute Gasteiger partial charge is 0.277 e. The van der Waals surface area contributed by atoms with E-state index in [-0.39, 0.29) is 12.3 Å². The first-order chi connectivity index (χ1) is 10.1. The molecular formula is C15H14N4O2. The SMILES string of the molecule is CC1=NN(C(=O)c2ccncc2)C(O)(c2cccnc2)C1. The zero-order chi connectivity index (χ0) is 14.9. The lowest BCUT2D eigenvalue weighted by atomic mass is 9.99. The zero-order valence-electron chi connectivity index (χ0n) is 11.5. The van der Waals surface area contributed by atoms with Gasteiger partial charge in [-0.15, -0.1) is 0 Å². The molecule has 1 atom stereocenters. The maximum absolute atomic E-state index is 12.6. The van der Waals surface area contributed by atoms with Crippen molar-refractivity contribution < 1.29 is 9.90 Å². The van der Waals surface area contributed by atoms with Gasteiger partial charge in [0.25, 0.3) is 5.91 Å². The third-order valence-electron chi connectivity index (χ3n) is 3.37. The van der Waals surface area contributed by atoms with Gasteiger partial charge in [-0.3, -0.25) is 14.8 Å². The summed E-state index contributed by atoms with van der Waals surface area (Å²) in [6, 6.07) is 6.63. The van der Waals surface area contributed by atoms with E-state index in [1.54, 1.807) is 43.6 Å². The Morgan fingerprint density at radius 3 is 2.67 bits per heavy atom. The quantitative estimate of drug-likeness (QED) is 0.906. The first-order valence-electron chi connectivity index (χ1n) is 6.53. The number of pyridine rings is 2. The molecule has 6 heteroatoms. The van der Waals surface area contributed by atoms with Gasteiger partial charge >= 0.3 is 0 Å². The number of carbonyl (C=O) groups is 1. The Labute approximate surface area is 121 Å². The molecule has 0 spiro atoms. The Hall–Kier alpha value is -2.60. The minimum atomic E-state index is -1.50. The van der Waals surface area contributed by atoms with Crippen molar-refractivity contribution in [2.24, 2.45) is 5.10 Å². The van der Waals surface area contributed by atoms with E-state index in [2.05, 4.69) is 15.1 Å². The predicted octanol–water partition coefficient (Wildman–Crippen LogP) is 1.54. The first-order valence-corrected chi connectivity index (χ1v) is 6.53. The van der Waals surface area contributed by atoms with Crippen LogP contribution >= 0.6 is 0 Å². The van der Waals surface area contributed by atoms with Crippen molar-refractivity contribution in [3.8, 4) is 0 Å². The molecule has 1 amide bonds. The number of amides is 1. The van der Waals surface area contributed by atoms with Gasteiger partial charge in [0.15, 0.2) is 5.72 Å². The van der Waals surface area contributed by atoms with Crippen LogP contribution in [-0.2, 0) is 5.72 Å². The summed E-state index contributed by atoms with van der Waals surface area (Å²) in [6.07, 6.45) is 6.48. The molecule has 21 heavy (non-hydrogen) atoms. The van der Waals surface area contributed by atoms with Crippen LogP contribution in [0.1, 0.15) is 29.3 Å². The van der Waals surface area contributed by atoms with Crippen molar-refractivity contribution in [3.05, 3.63) is 60.2 Å². The van der Waals surface area contributed by atoms with Crippen LogP contribution in [0, 0.1) is 0 Å². The lowest BCUT2D eigenvalue weighted by Gasteiger charge is -2.31. The molecule has 106 valence electrons. The van der Waals surface area contributed by atoms with Gasteiger partial charge in [-0.2, -0.15) is 10.1 Å². The van der Waals surface area contributed by atoms with E-state index in [0.717, 1.165) is 5.01 Å². The van der Waals surface area contributed by atoms with Gasteiger partial charge in [-0.25, -0.2) is 0 Å². The molecule has 2 aromatic heterocycles. The molecule has 1 unspecified atom stereocenters. The highest BCUT2D eigenvalue weighted by Gasteiger charge is 2.45.